The van der Waals surface area contributed by atoms with Crippen molar-refractivity contribution in [1.82, 2.24) is 0 Å². The Kier molecular flexibility index (Phi) is 0.865. The van der Waals surface area contributed by atoms with E-state index in [1.165, 1.54) is 0 Å². The predicted molar refractivity (Wildman–Crippen MR) is 26.2 cm³/mol. The van der Waals surface area contributed by atoms with Gasteiger partial charge in [-0.1, -0.05) is 12.8 Å². The summed E-state index contributed by atoms with van der Waals surface area (Å²) >= 11 is 0. The molecule has 1 radical (unpaired) electrons. The maximum atomic E-state index is 4.81. The second kappa shape index (κ2) is 1.37. The van der Waals surface area contributed by atoms with Gasteiger partial charge >= 0.3 is 0 Å². The zero-order chi connectivity index (χ0) is 4.41. The minimum atomic E-state index is 0.394. The fourth-order valence-corrected chi connectivity index (χ4v) is 0.401. The van der Waals surface area contributed by atoms with Crippen LogP contribution in [0.2, 0.25) is 0 Å². The van der Waals surface area contributed by atoms with E-state index in [4.69, 9.17) is 4.74 Å². The standard InChI is InChI=1S/C4H6BO/c1-5-2-3-6-4-5/h2-3H,1,4H2. The molecule has 0 aliphatic carbocycles. The molecule has 0 aromatic carbocycles. The minimum absolute atomic E-state index is 0.394. The van der Waals surface area contributed by atoms with Crippen LogP contribution >= 0.6 is 0 Å². The molecule has 1 nitrogen and oxygen atoms in total. The van der Waals surface area contributed by atoms with E-state index < -0.39 is 0 Å². The maximum absolute atomic E-state index is 4.81. The van der Waals surface area contributed by atoms with E-state index in [-0.39, 0.29) is 0 Å². The van der Waals surface area contributed by atoms with Crippen molar-refractivity contribution >= 4 is 6.71 Å². The van der Waals surface area contributed by atoms with Gasteiger partial charge in [-0.2, -0.15) is 0 Å². The molecule has 31 valence electrons. The van der Waals surface area contributed by atoms with Gasteiger partial charge in [0.2, 0.25) is 6.71 Å². The summed E-state index contributed by atoms with van der Waals surface area (Å²) in [6, 6.07) is 0. The van der Waals surface area contributed by atoms with Crippen LogP contribution in [0.15, 0.2) is 12.2 Å². The van der Waals surface area contributed by atoms with E-state index in [0.717, 1.165) is 6.51 Å². The van der Waals surface area contributed by atoms with Crippen molar-refractivity contribution in [3.8, 4) is 0 Å². The monoisotopic (exact) mass is 81.1 g/mol. The Bertz CT molecular complexity index is 69.9. The highest BCUT2D eigenvalue weighted by Gasteiger charge is 2.05. The molecule has 0 aromatic rings. The molecule has 0 amide bonds. The smallest absolute Gasteiger partial charge is 0.214 e. The fourth-order valence-electron chi connectivity index (χ4n) is 0.401. The summed E-state index contributed by atoms with van der Waals surface area (Å²) in [5, 5.41) is 0. The molecule has 0 saturated heterocycles. The van der Waals surface area contributed by atoms with Crippen molar-refractivity contribution in [3.63, 3.8) is 0 Å². The minimum Gasteiger partial charge on any atom is -0.510 e. The summed E-state index contributed by atoms with van der Waals surface area (Å²) < 4.78 is 4.81. The lowest BCUT2D eigenvalue weighted by Gasteiger charge is -1.86. The molecule has 0 fully saturated rings. The van der Waals surface area contributed by atoms with Crippen molar-refractivity contribution in [2.24, 2.45) is 0 Å². The zero-order valence-corrected chi connectivity index (χ0v) is 3.55. The van der Waals surface area contributed by atoms with Crippen molar-refractivity contribution < 1.29 is 4.74 Å². The van der Waals surface area contributed by atoms with Gasteiger partial charge in [0.05, 0.1) is 12.8 Å². The first-order valence-corrected chi connectivity index (χ1v) is 2.01. The van der Waals surface area contributed by atoms with Gasteiger partial charge in [-0.25, -0.2) is 0 Å². The lowest BCUT2D eigenvalue weighted by molar-refractivity contribution is 0.319. The molecule has 1 aliphatic heterocycles. The Labute approximate surface area is 38.1 Å². The first-order valence-electron chi connectivity index (χ1n) is 2.01. The van der Waals surface area contributed by atoms with Gasteiger partial charge in [0.25, 0.3) is 0 Å². The average Bonchev–Trinajstić information content (AvgIpc) is 1.86. The van der Waals surface area contributed by atoms with E-state index in [0.29, 0.717) is 6.71 Å². The molecule has 0 atom stereocenters. The van der Waals surface area contributed by atoms with Crippen LogP contribution in [0.3, 0.4) is 0 Å². The number of ether oxygens (including phenoxy) is 1. The average molecular weight is 80.9 g/mol. The lowest BCUT2D eigenvalue weighted by atomic mass is 9.55. The first kappa shape index (κ1) is 3.78. The van der Waals surface area contributed by atoms with Crippen LogP contribution in [-0.2, 0) is 4.74 Å². The van der Waals surface area contributed by atoms with Crippen LogP contribution in [0.25, 0.3) is 0 Å². The second-order valence-electron chi connectivity index (χ2n) is 1.42. The number of hydrogen-bond donors (Lipinski definition) is 0. The van der Waals surface area contributed by atoms with Gasteiger partial charge in [-0.15, -0.1) is 0 Å². The van der Waals surface area contributed by atoms with Gasteiger partial charge in [-0.05, 0) is 0 Å². The molecule has 0 unspecified atom stereocenters. The van der Waals surface area contributed by atoms with E-state index in [1.807, 2.05) is 5.98 Å². The van der Waals surface area contributed by atoms with Gasteiger partial charge in [0.15, 0.2) is 0 Å². The number of rotatable bonds is 0. The summed E-state index contributed by atoms with van der Waals surface area (Å²) in [6.07, 6.45) is 1.69. The van der Waals surface area contributed by atoms with E-state index >= 15 is 0 Å². The van der Waals surface area contributed by atoms with Gasteiger partial charge in [0.1, 0.15) is 0 Å². The van der Waals surface area contributed by atoms with E-state index in [9.17, 15) is 0 Å². The Hall–Kier alpha value is -0.395. The van der Waals surface area contributed by atoms with Crippen LogP contribution in [-0.4, -0.2) is 13.2 Å². The van der Waals surface area contributed by atoms with Crippen LogP contribution in [0, 0.1) is 6.82 Å². The molecule has 0 bridgehead atoms. The normalized spacial score (nSPS) is 18.5. The van der Waals surface area contributed by atoms with Crippen molar-refractivity contribution in [2.45, 2.75) is 0 Å². The summed E-state index contributed by atoms with van der Waals surface area (Å²) in [7, 11) is 0. The van der Waals surface area contributed by atoms with Crippen molar-refractivity contribution in [2.75, 3.05) is 6.51 Å². The van der Waals surface area contributed by atoms with Gasteiger partial charge in [0, 0.05) is 0 Å². The summed E-state index contributed by atoms with van der Waals surface area (Å²) in [5.41, 5.74) is 0. The first-order chi connectivity index (χ1) is 2.89. The molecular formula is C4H6BO. The molecule has 0 saturated carbocycles. The third-order valence-corrected chi connectivity index (χ3v) is 0.757. The Morgan fingerprint density at radius 1 is 1.83 bits per heavy atom. The van der Waals surface area contributed by atoms with E-state index in [2.05, 4.69) is 6.82 Å². The van der Waals surface area contributed by atoms with Crippen LogP contribution in [0.5, 0.6) is 0 Å². The molecule has 0 spiro atoms. The van der Waals surface area contributed by atoms with Crippen LogP contribution in [0.1, 0.15) is 0 Å². The van der Waals surface area contributed by atoms with Crippen LogP contribution < -0.4 is 0 Å². The molecule has 1 rings (SSSR count). The largest absolute Gasteiger partial charge is 0.510 e. The highest BCUT2D eigenvalue weighted by Crippen LogP contribution is 1.93. The van der Waals surface area contributed by atoms with Gasteiger partial charge < -0.3 is 4.74 Å². The molecule has 2 heteroatoms. The van der Waals surface area contributed by atoms with Crippen LogP contribution in [0.4, 0.5) is 0 Å². The third-order valence-electron chi connectivity index (χ3n) is 0.757. The summed E-state index contributed by atoms with van der Waals surface area (Å²) in [4.78, 5) is 0. The lowest BCUT2D eigenvalue weighted by Crippen LogP contribution is -2.05. The zero-order valence-electron chi connectivity index (χ0n) is 3.55. The Morgan fingerprint density at radius 2 is 2.67 bits per heavy atom. The predicted octanol–water partition coefficient (Wildman–Crippen LogP) is 0.477. The van der Waals surface area contributed by atoms with Crippen molar-refractivity contribution in [1.29, 1.82) is 0 Å². The maximum Gasteiger partial charge on any atom is 0.214 e. The fraction of sp³-hybridized carbons (Fsp3) is 0.250. The topological polar surface area (TPSA) is 9.23 Å². The van der Waals surface area contributed by atoms with E-state index in [1.54, 1.807) is 6.26 Å². The molecule has 1 heterocycles. The second-order valence-corrected chi connectivity index (χ2v) is 1.42. The molecule has 1 aliphatic rings. The Balaban J connectivity index is 2.38. The van der Waals surface area contributed by atoms with Gasteiger partial charge in [-0.3, -0.25) is 0 Å². The molecule has 6 heavy (non-hydrogen) atoms. The Morgan fingerprint density at radius 3 is 2.83 bits per heavy atom. The SMILES string of the molecule is [CH2]B1C=COC1. The molecule has 0 aromatic heterocycles. The number of hydrogen-bond acceptors (Lipinski definition) is 1. The highest BCUT2D eigenvalue weighted by molar-refractivity contribution is 6.66. The van der Waals surface area contributed by atoms with Crippen molar-refractivity contribution in [3.05, 3.63) is 19.1 Å². The third kappa shape index (κ3) is 0.561. The quantitative estimate of drug-likeness (QED) is 0.385. The summed E-state index contributed by atoms with van der Waals surface area (Å²) in [6.45, 7) is 4.88. The molecule has 0 N–H and O–H groups in total. The highest BCUT2D eigenvalue weighted by atomic mass is 16.5. The summed E-state index contributed by atoms with van der Waals surface area (Å²) in [5.74, 6) is 1.94. The molecular weight excluding hydrogens is 74.9 g/mol.